The summed E-state index contributed by atoms with van der Waals surface area (Å²) in [7, 11) is 0. The van der Waals surface area contributed by atoms with Crippen molar-refractivity contribution in [3.05, 3.63) is 71.7 Å². The second kappa shape index (κ2) is 10.4. The van der Waals surface area contributed by atoms with Crippen molar-refractivity contribution in [3.63, 3.8) is 0 Å². The van der Waals surface area contributed by atoms with E-state index in [-0.39, 0.29) is 11.4 Å². The van der Waals surface area contributed by atoms with Gasteiger partial charge in [0.2, 0.25) is 0 Å². The number of aryl methyl sites for hydroxylation is 1. The van der Waals surface area contributed by atoms with Gasteiger partial charge in [0.15, 0.2) is 0 Å². The average Bonchev–Trinajstić information content (AvgIpc) is 2.78. The number of carbonyl (C=O) groups excluding carboxylic acids is 1. The van der Waals surface area contributed by atoms with Crippen LogP contribution in [-0.4, -0.2) is 37.0 Å². The lowest BCUT2D eigenvalue weighted by Gasteiger charge is -2.35. The molecule has 0 saturated carbocycles. The van der Waals surface area contributed by atoms with Crippen LogP contribution in [0.3, 0.4) is 0 Å². The van der Waals surface area contributed by atoms with Crippen LogP contribution in [0.25, 0.3) is 0 Å². The molecule has 1 amide bonds. The zero-order chi connectivity index (χ0) is 21.3. The minimum absolute atomic E-state index is 0.0836. The first-order chi connectivity index (χ1) is 14.6. The number of hydrogen-bond acceptors (Lipinski definition) is 4. The molecule has 6 heteroatoms. The summed E-state index contributed by atoms with van der Waals surface area (Å²) < 4.78 is 13.1. The van der Waals surface area contributed by atoms with E-state index in [0.29, 0.717) is 18.8 Å². The van der Waals surface area contributed by atoms with Crippen LogP contribution in [0.5, 0.6) is 0 Å². The number of unbranched alkanes of at least 4 members (excludes halogenated alkanes) is 1. The minimum Gasteiger partial charge on any atom is -0.373 e. The molecule has 0 atom stereocenters. The largest absolute Gasteiger partial charge is 0.373 e. The molecule has 1 saturated heterocycles. The lowest BCUT2D eigenvalue weighted by atomic mass is 10.1. The van der Waals surface area contributed by atoms with Gasteiger partial charge in [0.25, 0.3) is 5.91 Å². The van der Waals surface area contributed by atoms with Gasteiger partial charge in [-0.15, -0.1) is 0 Å². The fourth-order valence-electron chi connectivity index (χ4n) is 3.42. The van der Waals surface area contributed by atoms with E-state index in [1.54, 1.807) is 18.3 Å². The van der Waals surface area contributed by atoms with Crippen LogP contribution in [0.2, 0.25) is 0 Å². The summed E-state index contributed by atoms with van der Waals surface area (Å²) in [5.74, 6) is -0.652. The number of hydrogen-bond donors (Lipinski definition) is 1. The highest BCUT2D eigenvalue weighted by Gasteiger charge is 2.18. The summed E-state index contributed by atoms with van der Waals surface area (Å²) in [5, 5.41) is 12.3. The molecule has 2 aromatic carbocycles. The van der Waals surface area contributed by atoms with Crippen molar-refractivity contribution < 1.29 is 9.18 Å². The molecule has 1 fully saturated rings. The van der Waals surface area contributed by atoms with Crippen LogP contribution in [0.4, 0.5) is 15.8 Å². The Morgan fingerprint density at radius 3 is 2.37 bits per heavy atom. The van der Waals surface area contributed by atoms with Crippen LogP contribution in [0, 0.1) is 17.1 Å². The highest BCUT2D eigenvalue weighted by molar-refractivity contribution is 6.06. The highest BCUT2D eigenvalue weighted by Crippen LogP contribution is 2.18. The molecule has 1 heterocycles. The van der Waals surface area contributed by atoms with Crippen molar-refractivity contribution >= 4 is 17.3 Å². The molecule has 3 rings (SSSR count). The lowest BCUT2D eigenvalue weighted by Crippen LogP contribution is -2.44. The Labute approximate surface area is 177 Å². The number of benzene rings is 2. The molecule has 5 nitrogen and oxygen atoms in total. The summed E-state index contributed by atoms with van der Waals surface area (Å²) in [5.41, 5.74) is 2.98. The number of piperazine rings is 1. The third-order valence-corrected chi connectivity index (χ3v) is 5.21. The molecule has 0 aromatic heterocycles. The molecule has 1 aliphatic heterocycles. The normalized spacial score (nSPS) is 14.4. The predicted octanol–water partition coefficient (Wildman–Crippen LogP) is 4.34. The zero-order valence-corrected chi connectivity index (χ0v) is 17.3. The summed E-state index contributed by atoms with van der Waals surface area (Å²) in [4.78, 5) is 16.7. The van der Waals surface area contributed by atoms with Crippen molar-refractivity contribution in [2.75, 3.05) is 36.4 Å². The molecule has 156 valence electrons. The standard InChI is InChI=1S/C24H27FN4O/c1-2-3-4-19-5-9-22(10-6-19)27-24(30)20(17-26)18-28-13-15-29(16-14-28)23-11-7-21(25)8-12-23/h5-12,18H,2-4,13-16H2,1H3,(H,27,30)/b20-18-. The lowest BCUT2D eigenvalue weighted by molar-refractivity contribution is -0.112. The topological polar surface area (TPSA) is 59.4 Å². The summed E-state index contributed by atoms with van der Waals surface area (Å²) in [6.07, 6.45) is 4.94. The number of halogens is 1. The fourth-order valence-corrected chi connectivity index (χ4v) is 3.42. The first kappa shape index (κ1) is 21.4. The molecule has 1 aliphatic rings. The SMILES string of the molecule is CCCCc1ccc(NC(=O)/C(C#N)=C\N2CCN(c3ccc(F)cc3)CC2)cc1. The average molecular weight is 407 g/mol. The van der Waals surface area contributed by atoms with E-state index in [1.165, 1.54) is 17.7 Å². The third kappa shape index (κ3) is 5.84. The molecule has 0 spiro atoms. The van der Waals surface area contributed by atoms with Crippen LogP contribution >= 0.6 is 0 Å². The van der Waals surface area contributed by atoms with Crippen LogP contribution in [0.15, 0.2) is 60.3 Å². The third-order valence-electron chi connectivity index (χ3n) is 5.21. The second-order valence-electron chi connectivity index (χ2n) is 7.41. The molecule has 0 bridgehead atoms. The molecular formula is C24H27FN4O. The summed E-state index contributed by atoms with van der Waals surface area (Å²) in [6.45, 7) is 5.00. The quantitative estimate of drug-likeness (QED) is 0.549. The van der Waals surface area contributed by atoms with Crippen LogP contribution in [0.1, 0.15) is 25.3 Å². The smallest absolute Gasteiger partial charge is 0.267 e. The molecule has 0 radical (unpaired) electrons. The molecule has 0 aliphatic carbocycles. The maximum absolute atomic E-state index is 13.1. The number of amides is 1. The van der Waals surface area contributed by atoms with Crippen molar-refractivity contribution in [3.8, 4) is 6.07 Å². The first-order valence-corrected chi connectivity index (χ1v) is 10.4. The minimum atomic E-state index is -0.403. The van der Waals surface area contributed by atoms with Gasteiger partial charge in [-0.05, 0) is 54.8 Å². The van der Waals surface area contributed by atoms with Gasteiger partial charge in [0.1, 0.15) is 17.5 Å². The van der Waals surface area contributed by atoms with Crippen molar-refractivity contribution in [2.24, 2.45) is 0 Å². The van der Waals surface area contributed by atoms with Gasteiger partial charge < -0.3 is 15.1 Å². The molecule has 30 heavy (non-hydrogen) atoms. The van der Waals surface area contributed by atoms with E-state index in [0.717, 1.165) is 38.0 Å². The Morgan fingerprint density at radius 1 is 1.10 bits per heavy atom. The van der Waals surface area contributed by atoms with Crippen molar-refractivity contribution in [1.82, 2.24) is 4.90 Å². The molecule has 2 aromatic rings. The fraction of sp³-hybridized carbons (Fsp3) is 0.333. The second-order valence-corrected chi connectivity index (χ2v) is 7.41. The predicted molar refractivity (Wildman–Crippen MR) is 118 cm³/mol. The Bertz CT molecular complexity index is 908. The first-order valence-electron chi connectivity index (χ1n) is 10.4. The van der Waals surface area contributed by atoms with Crippen molar-refractivity contribution in [1.29, 1.82) is 5.26 Å². The molecule has 0 unspecified atom stereocenters. The Morgan fingerprint density at radius 2 is 1.77 bits per heavy atom. The van der Waals surface area contributed by atoms with E-state index < -0.39 is 5.91 Å². The van der Waals surface area contributed by atoms with Gasteiger partial charge in [-0.3, -0.25) is 4.79 Å². The molecular weight excluding hydrogens is 379 g/mol. The number of nitriles is 1. The van der Waals surface area contributed by atoms with Gasteiger partial charge in [0, 0.05) is 43.8 Å². The van der Waals surface area contributed by atoms with E-state index in [4.69, 9.17) is 0 Å². The van der Waals surface area contributed by atoms with Crippen LogP contribution < -0.4 is 10.2 Å². The Balaban J connectivity index is 1.55. The number of anilines is 2. The maximum atomic E-state index is 13.1. The van der Waals surface area contributed by atoms with Crippen LogP contribution in [-0.2, 0) is 11.2 Å². The van der Waals surface area contributed by atoms with Gasteiger partial charge >= 0.3 is 0 Å². The van der Waals surface area contributed by atoms with Crippen molar-refractivity contribution in [2.45, 2.75) is 26.2 Å². The van der Waals surface area contributed by atoms with E-state index in [9.17, 15) is 14.4 Å². The van der Waals surface area contributed by atoms with E-state index in [1.807, 2.05) is 35.2 Å². The Hall–Kier alpha value is -3.33. The van der Waals surface area contributed by atoms with E-state index in [2.05, 4.69) is 17.1 Å². The van der Waals surface area contributed by atoms with E-state index >= 15 is 0 Å². The van der Waals surface area contributed by atoms with Gasteiger partial charge in [-0.1, -0.05) is 25.5 Å². The Kier molecular flexibility index (Phi) is 7.45. The summed E-state index contributed by atoms with van der Waals surface area (Å²) in [6, 6.07) is 16.2. The molecule has 1 N–H and O–H groups in total. The van der Waals surface area contributed by atoms with Gasteiger partial charge in [-0.25, -0.2) is 4.39 Å². The monoisotopic (exact) mass is 406 g/mol. The van der Waals surface area contributed by atoms with Gasteiger partial charge in [-0.2, -0.15) is 5.26 Å². The number of rotatable bonds is 7. The highest BCUT2D eigenvalue weighted by atomic mass is 19.1. The summed E-state index contributed by atoms with van der Waals surface area (Å²) >= 11 is 0. The van der Waals surface area contributed by atoms with Gasteiger partial charge in [0.05, 0.1) is 0 Å². The number of carbonyl (C=O) groups is 1. The number of nitrogens with one attached hydrogen (secondary N) is 1. The maximum Gasteiger partial charge on any atom is 0.267 e. The number of nitrogens with zero attached hydrogens (tertiary/aromatic N) is 3. The zero-order valence-electron chi connectivity index (χ0n) is 17.3.